The van der Waals surface area contributed by atoms with Crippen molar-refractivity contribution < 1.29 is 19.4 Å². The molecular weight excluding hydrogens is 278 g/mol. The number of methoxy groups -OCH3 is 1. The Kier molecular flexibility index (Phi) is 6.11. The molecular formula is C14H17NO4S. The molecule has 20 heavy (non-hydrogen) atoms. The average molecular weight is 295 g/mol. The number of aliphatic hydroxyl groups excluding tert-OH is 1. The molecule has 0 saturated carbocycles. The minimum Gasteiger partial charge on any atom is -0.511 e. The summed E-state index contributed by atoms with van der Waals surface area (Å²) in [5.74, 6) is 0.181. The number of thioether (sulfide) groups is 1. The molecule has 0 fully saturated rings. The summed E-state index contributed by atoms with van der Waals surface area (Å²) in [7, 11) is 1.57. The van der Waals surface area contributed by atoms with Crippen LogP contribution in [0.4, 0.5) is 5.69 Å². The van der Waals surface area contributed by atoms with Crippen LogP contribution in [0, 0.1) is 0 Å². The molecule has 6 heteroatoms. The van der Waals surface area contributed by atoms with Crippen molar-refractivity contribution in [3.05, 3.63) is 34.9 Å². The maximum Gasteiger partial charge on any atom is 0.234 e. The van der Waals surface area contributed by atoms with Crippen LogP contribution < -0.4 is 10.1 Å². The van der Waals surface area contributed by atoms with Crippen LogP contribution in [0.25, 0.3) is 0 Å². The van der Waals surface area contributed by atoms with E-state index in [2.05, 4.69) is 5.32 Å². The molecule has 1 aromatic carbocycles. The number of carbonyl (C=O) groups excluding carboxylic acids is 2. The number of benzene rings is 1. The first-order valence-electron chi connectivity index (χ1n) is 5.91. The minimum absolute atomic E-state index is 0.0544. The molecule has 0 aromatic heterocycles. The molecule has 0 heterocycles. The fraction of sp³-hybridized carbons (Fsp3) is 0.286. The summed E-state index contributed by atoms with van der Waals surface area (Å²) < 4.78 is 5.02. The zero-order chi connectivity index (χ0) is 15.1. The predicted molar refractivity (Wildman–Crippen MR) is 80.1 cm³/mol. The highest BCUT2D eigenvalue weighted by Crippen LogP contribution is 2.20. The molecule has 5 nitrogen and oxygen atoms in total. The first-order chi connectivity index (χ1) is 9.43. The van der Waals surface area contributed by atoms with Crippen molar-refractivity contribution >= 4 is 29.1 Å². The Labute approximate surface area is 122 Å². The van der Waals surface area contributed by atoms with E-state index in [0.29, 0.717) is 11.4 Å². The standard InChI is InChI=1S/C14H17NO4S/c1-9(16)14(10(2)17)20-8-13(18)15-11-4-6-12(19-3)7-5-11/h4-7,16H,8H2,1-3H3,(H,15,18). The lowest BCUT2D eigenvalue weighted by Crippen LogP contribution is -2.15. The Morgan fingerprint density at radius 1 is 1.25 bits per heavy atom. The lowest BCUT2D eigenvalue weighted by Gasteiger charge is -2.07. The van der Waals surface area contributed by atoms with Gasteiger partial charge in [0.1, 0.15) is 11.5 Å². The van der Waals surface area contributed by atoms with Crippen molar-refractivity contribution in [2.45, 2.75) is 13.8 Å². The number of ketones is 1. The summed E-state index contributed by atoms with van der Waals surface area (Å²) in [6.07, 6.45) is 0. The number of rotatable bonds is 6. The number of hydrogen-bond acceptors (Lipinski definition) is 5. The number of anilines is 1. The molecule has 0 radical (unpaired) electrons. The summed E-state index contributed by atoms with van der Waals surface area (Å²) in [5.41, 5.74) is 0.644. The number of ether oxygens (including phenoxy) is 1. The van der Waals surface area contributed by atoms with Gasteiger partial charge in [-0.3, -0.25) is 9.59 Å². The Bertz CT molecular complexity index is 518. The first-order valence-corrected chi connectivity index (χ1v) is 6.90. The highest BCUT2D eigenvalue weighted by molar-refractivity contribution is 8.04. The molecule has 0 saturated heterocycles. The highest BCUT2D eigenvalue weighted by atomic mass is 32.2. The number of hydrogen-bond donors (Lipinski definition) is 2. The molecule has 108 valence electrons. The topological polar surface area (TPSA) is 75.6 Å². The van der Waals surface area contributed by atoms with E-state index < -0.39 is 0 Å². The van der Waals surface area contributed by atoms with Crippen LogP contribution in [0.3, 0.4) is 0 Å². The van der Waals surface area contributed by atoms with Crippen LogP contribution in [0.15, 0.2) is 34.9 Å². The largest absolute Gasteiger partial charge is 0.511 e. The van der Waals surface area contributed by atoms with Crippen LogP contribution in [0.2, 0.25) is 0 Å². The molecule has 0 spiro atoms. The van der Waals surface area contributed by atoms with E-state index in [0.717, 1.165) is 11.8 Å². The minimum atomic E-state index is -0.257. The molecule has 1 amide bonds. The third-order valence-corrected chi connectivity index (χ3v) is 3.65. The number of nitrogens with one attached hydrogen (secondary N) is 1. The zero-order valence-electron chi connectivity index (χ0n) is 11.6. The van der Waals surface area contributed by atoms with E-state index in [1.165, 1.54) is 13.8 Å². The van der Waals surface area contributed by atoms with Gasteiger partial charge >= 0.3 is 0 Å². The second-order valence-electron chi connectivity index (χ2n) is 4.04. The quantitative estimate of drug-likeness (QED) is 0.623. The molecule has 0 unspecified atom stereocenters. The van der Waals surface area contributed by atoms with E-state index >= 15 is 0 Å². The smallest absolute Gasteiger partial charge is 0.234 e. The molecule has 0 aliphatic rings. The zero-order valence-corrected chi connectivity index (χ0v) is 12.4. The van der Waals surface area contributed by atoms with Gasteiger partial charge in [-0.15, -0.1) is 11.8 Å². The van der Waals surface area contributed by atoms with E-state index in [9.17, 15) is 14.7 Å². The van der Waals surface area contributed by atoms with Gasteiger partial charge in [0.2, 0.25) is 5.91 Å². The van der Waals surface area contributed by atoms with Gasteiger partial charge in [0.25, 0.3) is 0 Å². The van der Waals surface area contributed by atoms with Gasteiger partial charge in [-0.1, -0.05) is 0 Å². The fourth-order valence-electron chi connectivity index (χ4n) is 1.47. The predicted octanol–water partition coefficient (Wildman–Crippen LogP) is 2.75. The number of allylic oxidation sites excluding steroid dienone is 2. The van der Waals surface area contributed by atoms with Crippen LogP contribution in [0.1, 0.15) is 13.8 Å². The summed E-state index contributed by atoms with van der Waals surface area (Å²) in [6, 6.07) is 6.92. The van der Waals surface area contributed by atoms with Crippen LogP contribution in [0.5, 0.6) is 5.75 Å². The second kappa shape index (κ2) is 7.59. The van der Waals surface area contributed by atoms with Crippen molar-refractivity contribution in [3.8, 4) is 5.75 Å². The van der Waals surface area contributed by atoms with Crippen molar-refractivity contribution in [3.63, 3.8) is 0 Å². The number of aliphatic hydroxyl groups is 1. The maximum absolute atomic E-state index is 11.7. The maximum atomic E-state index is 11.7. The first kappa shape index (κ1) is 16.1. The third kappa shape index (κ3) is 4.97. The van der Waals surface area contributed by atoms with Crippen LogP contribution in [-0.2, 0) is 9.59 Å². The average Bonchev–Trinajstić information content (AvgIpc) is 2.39. The van der Waals surface area contributed by atoms with Crippen molar-refractivity contribution in [1.29, 1.82) is 0 Å². The van der Waals surface area contributed by atoms with Gasteiger partial charge in [-0.05, 0) is 38.1 Å². The van der Waals surface area contributed by atoms with E-state index in [4.69, 9.17) is 4.74 Å². The molecule has 0 bridgehead atoms. The summed E-state index contributed by atoms with van der Waals surface area (Å²) in [5, 5.41) is 12.0. The molecule has 0 aliphatic heterocycles. The molecule has 1 aromatic rings. The summed E-state index contributed by atoms with van der Waals surface area (Å²) >= 11 is 1.02. The Balaban J connectivity index is 2.55. The number of amides is 1. The Morgan fingerprint density at radius 3 is 2.30 bits per heavy atom. The number of Topliss-reactive ketones (excluding diaryl/α,β-unsaturated/α-hetero) is 1. The highest BCUT2D eigenvalue weighted by Gasteiger charge is 2.12. The van der Waals surface area contributed by atoms with E-state index in [1.807, 2.05) is 0 Å². The normalized spacial score (nSPS) is 11.6. The monoisotopic (exact) mass is 295 g/mol. The van der Waals surface area contributed by atoms with Crippen LogP contribution in [-0.4, -0.2) is 29.7 Å². The van der Waals surface area contributed by atoms with Gasteiger partial charge in [-0.25, -0.2) is 0 Å². The molecule has 0 aliphatic carbocycles. The number of carbonyl (C=O) groups is 2. The molecule has 2 N–H and O–H groups in total. The van der Waals surface area contributed by atoms with Crippen LogP contribution >= 0.6 is 11.8 Å². The van der Waals surface area contributed by atoms with Crippen molar-refractivity contribution in [2.75, 3.05) is 18.2 Å². The summed E-state index contributed by atoms with van der Waals surface area (Å²) in [6.45, 7) is 2.77. The molecule has 1 rings (SSSR count). The van der Waals surface area contributed by atoms with Gasteiger partial charge in [-0.2, -0.15) is 0 Å². The summed E-state index contributed by atoms with van der Waals surface area (Å²) in [4.78, 5) is 23.2. The van der Waals surface area contributed by atoms with Gasteiger partial charge in [0, 0.05) is 5.69 Å². The van der Waals surface area contributed by atoms with Crippen molar-refractivity contribution in [1.82, 2.24) is 0 Å². The van der Waals surface area contributed by atoms with Crippen molar-refractivity contribution in [2.24, 2.45) is 0 Å². The molecule has 0 atom stereocenters. The SMILES string of the molecule is COc1ccc(NC(=O)CSC(C(C)=O)=C(C)O)cc1. The van der Waals surface area contributed by atoms with Gasteiger partial charge in [0.15, 0.2) is 5.78 Å². The van der Waals surface area contributed by atoms with E-state index in [1.54, 1.807) is 31.4 Å². The Hall–Kier alpha value is -1.95. The van der Waals surface area contributed by atoms with Gasteiger partial charge < -0.3 is 15.2 Å². The van der Waals surface area contributed by atoms with Gasteiger partial charge in [0.05, 0.1) is 17.8 Å². The lowest BCUT2D eigenvalue weighted by molar-refractivity contribution is -0.114. The second-order valence-corrected chi connectivity index (χ2v) is 5.02. The Morgan fingerprint density at radius 2 is 1.85 bits per heavy atom. The lowest BCUT2D eigenvalue weighted by atomic mass is 10.3. The van der Waals surface area contributed by atoms with E-state index in [-0.39, 0.29) is 28.1 Å². The third-order valence-electron chi connectivity index (χ3n) is 2.37. The fourth-order valence-corrected chi connectivity index (χ4v) is 2.23.